The molecule has 3 rings (SSSR count). The van der Waals surface area contributed by atoms with E-state index < -0.39 is 23.9 Å². The smallest absolute Gasteiger partial charge is 0.328 e. The summed E-state index contributed by atoms with van der Waals surface area (Å²) < 4.78 is 24.3. The van der Waals surface area contributed by atoms with Crippen molar-refractivity contribution in [3.63, 3.8) is 0 Å². The number of likely N-dealkylation sites (tertiary alicyclic amines) is 1. The third-order valence-electron chi connectivity index (χ3n) is 4.08. The van der Waals surface area contributed by atoms with Gasteiger partial charge in [0.05, 0.1) is 13.7 Å². The molecular weight excluding hydrogens is 357 g/mol. The number of thiophene rings is 1. The molecule has 26 heavy (non-hydrogen) atoms. The quantitative estimate of drug-likeness (QED) is 0.595. The van der Waals surface area contributed by atoms with Crippen LogP contribution in [0.1, 0.15) is 11.3 Å². The lowest BCUT2D eigenvalue weighted by atomic mass is 10.2. The Morgan fingerprint density at radius 3 is 2.77 bits per heavy atom. The van der Waals surface area contributed by atoms with Crippen LogP contribution in [0, 0.1) is 5.82 Å². The van der Waals surface area contributed by atoms with Crippen molar-refractivity contribution in [2.75, 3.05) is 13.7 Å². The van der Waals surface area contributed by atoms with Crippen LogP contribution in [0.5, 0.6) is 5.75 Å². The zero-order chi connectivity index (χ0) is 18.5. The largest absolute Gasteiger partial charge is 0.485 e. The molecule has 1 aromatic carbocycles. The Hall–Kier alpha value is -2.67. The third-order valence-corrected chi connectivity index (χ3v) is 4.92. The number of rotatable bonds is 5. The van der Waals surface area contributed by atoms with Gasteiger partial charge in [-0.3, -0.25) is 4.79 Å². The van der Waals surface area contributed by atoms with E-state index in [4.69, 9.17) is 9.47 Å². The standard InChI is InChI=1S/C19H18FNO4S/c1-24-19(23)16-11-13(25-17-7-3-2-6-15(17)20)12-21(16)18(22)9-8-14-5-4-10-26-14/h2-10,13,16H,11-12H2,1H3/b9-8+/t13-,16-/m0/s1. The lowest BCUT2D eigenvalue weighted by Gasteiger charge is -2.20. The van der Waals surface area contributed by atoms with Crippen LogP contribution in [0.4, 0.5) is 4.39 Å². The maximum atomic E-state index is 13.8. The van der Waals surface area contributed by atoms with Crippen molar-refractivity contribution in [1.82, 2.24) is 4.90 Å². The second kappa shape index (κ2) is 8.14. The molecular formula is C19H18FNO4S. The van der Waals surface area contributed by atoms with Gasteiger partial charge in [-0.2, -0.15) is 0 Å². The zero-order valence-electron chi connectivity index (χ0n) is 14.1. The first-order chi connectivity index (χ1) is 12.6. The number of methoxy groups -OCH3 is 1. The number of amides is 1. The van der Waals surface area contributed by atoms with Crippen molar-refractivity contribution in [3.8, 4) is 5.75 Å². The normalized spacial score (nSPS) is 19.7. The fourth-order valence-corrected chi connectivity index (χ4v) is 3.46. The minimum Gasteiger partial charge on any atom is -0.485 e. The second-order valence-corrected chi connectivity index (χ2v) is 6.76. The number of ether oxygens (including phenoxy) is 2. The van der Waals surface area contributed by atoms with Gasteiger partial charge in [0.2, 0.25) is 5.91 Å². The summed E-state index contributed by atoms with van der Waals surface area (Å²) in [6.45, 7) is 0.182. The van der Waals surface area contributed by atoms with Crippen molar-refractivity contribution in [1.29, 1.82) is 0 Å². The number of carbonyl (C=O) groups is 2. The summed E-state index contributed by atoms with van der Waals surface area (Å²) >= 11 is 1.51. The molecule has 2 aromatic rings. The molecule has 0 N–H and O–H groups in total. The first-order valence-corrected chi connectivity index (χ1v) is 8.97. The molecule has 0 radical (unpaired) electrons. The first-order valence-electron chi connectivity index (χ1n) is 8.09. The minimum absolute atomic E-state index is 0.101. The van der Waals surface area contributed by atoms with Crippen molar-refractivity contribution in [2.24, 2.45) is 0 Å². The van der Waals surface area contributed by atoms with Gasteiger partial charge < -0.3 is 14.4 Å². The van der Waals surface area contributed by atoms with Crippen molar-refractivity contribution < 1.29 is 23.5 Å². The van der Waals surface area contributed by atoms with Crippen molar-refractivity contribution >= 4 is 29.3 Å². The molecule has 2 heterocycles. The van der Waals surface area contributed by atoms with E-state index in [2.05, 4.69) is 0 Å². The predicted molar refractivity (Wildman–Crippen MR) is 96.3 cm³/mol. The average Bonchev–Trinajstić information content (AvgIpc) is 3.31. The Bertz CT molecular complexity index is 806. The molecule has 1 aliphatic rings. The molecule has 2 atom stereocenters. The minimum atomic E-state index is -0.753. The predicted octanol–water partition coefficient (Wildman–Crippen LogP) is 3.12. The Labute approximate surface area is 154 Å². The molecule has 1 amide bonds. The number of esters is 1. The number of carbonyl (C=O) groups excluding carboxylic acids is 2. The van der Waals surface area contributed by atoms with Crippen molar-refractivity contribution in [3.05, 3.63) is 58.5 Å². The van der Waals surface area contributed by atoms with Gasteiger partial charge >= 0.3 is 5.97 Å². The summed E-state index contributed by atoms with van der Waals surface area (Å²) in [6, 6.07) is 9.08. The lowest BCUT2D eigenvalue weighted by molar-refractivity contribution is -0.149. The summed E-state index contributed by atoms with van der Waals surface area (Å²) in [5.41, 5.74) is 0. The number of hydrogen-bond acceptors (Lipinski definition) is 5. The lowest BCUT2D eigenvalue weighted by Crippen LogP contribution is -2.40. The third kappa shape index (κ3) is 4.11. The van der Waals surface area contributed by atoms with Crippen LogP contribution in [0.2, 0.25) is 0 Å². The molecule has 0 spiro atoms. The first kappa shape index (κ1) is 18.1. The van der Waals surface area contributed by atoms with E-state index in [-0.39, 0.29) is 24.6 Å². The number of halogens is 1. The molecule has 0 bridgehead atoms. The number of hydrogen-bond donors (Lipinski definition) is 0. The summed E-state index contributed by atoms with van der Waals surface area (Å²) in [7, 11) is 1.28. The average molecular weight is 375 g/mol. The number of benzene rings is 1. The summed E-state index contributed by atoms with van der Waals surface area (Å²) in [6.07, 6.45) is 2.88. The Morgan fingerprint density at radius 2 is 2.08 bits per heavy atom. The van der Waals surface area contributed by atoms with E-state index in [1.165, 1.54) is 41.6 Å². The maximum absolute atomic E-state index is 13.8. The molecule has 1 saturated heterocycles. The molecule has 0 saturated carbocycles. The molecule has 5 nitrogen and oxygen atoms in total. The SMILES string of the molecule is COC(=O)[C@@H]1C[C@H](Oc2ccccc2F)CN1C(=O)/C=C/c1cccs1. The van der Waals surface area contributed by atoms with Gasteiger partial charge in [0.25, 0.3) is 0 Å². The van der Waals surface area contributed by atoms with Crippen LogP contribution in [0.15, 0.2) is 47.9 Å². The molecule has 1 aliphatic heterocycles. The summed E-state index contributed by atoms with van der Waals surface area (Å²) in [5.74, 6) is -1.20. The van der Waals surface area contributed by atoms with Gasteiger partial charge in [0, 0.05) is 17.4 Å². The van der Waals surface area contributed by atoms with Gasteiger partial charge in [-0.25, -0.2) is 9.18 Å². The molecule has 7 heteroatoms. The highest BCUT2D eigenvalue weighted by Crippen LogP contribution is 2.26. The highest BCUT2D eigenvalue weighted by atomic mass is 32.1. The van der Waals surface area contributed by atoms with Gasteiger partial charge in [-0.15, -0.1) is 11.3 Å². The number of para-hydroxylation sites is 1. The van der Waals surface area contributed by atoms with Gasteiger partial charge in [0.15, 0.2) is 11.6 Å². The van der Waals surface area contributed by atoms with Crippen molar-refractivity contribution in [2.45, 2.75) is 18.6 Å². The number of nitrogens with zero attached hydrogens (tertiary/aromatic N) is 1. The van der Waals surface area contributed by atoms with Gasteiger partial charge in [-0.05, 0) is 29.7 Å². The van der Waals surface area contributed by atoms with E-state index in [0.717, 1.165) is 4.88 Å². The van der Waals surface area contributed by atoms with Gasteiger partial charge in [-0.1, -0.05) is 18.2 Å². The van der Waals surface area contributed by atoms with Crippen LogP contribution in [0.25, 0.3) is 6.08 Å². The van der Waals surface area contributed by atoms with Crippen LogP contribution in [-0.4, -0.2) is 42.6 Å². The molecule has 0 aliphatic carbocycles. The Kier molecular flexibility index (Phi) is 5.68. The zero-order valence-corrected chi connectivity index (χ0v) is 14.9. The van der Waals surface area contributed by atoms with E-state index in [0.29, 0.717) is 0 Å². The maximum Gasteiger partial charge on any atom is 0.328 e. The van der Waals surface area contributed by atoms with Crippen LogP contribution < -0.4 is 4.74 Å². The summed E-state index contributed by atoms with van der Waals surface area (Å²) in [4.78, 5) is 26.9. The van der Waals surface area contributed by atoms with E-state index in [1.54, 1.807) is 18.2 Å². The molecule has 0 unspecified atom stereocenters. The topological polar surface area (TPSA) is 55.8 Å². The molecule has 1 aromatic heterocycles. The van der Waals surface area contributed by atoms with Gasteiger partial charge in [0.1, 0.15) is 12.1 Å². The fourth-order valence-electron chi connectivity index (χ4n) is 2.84. The molecule has 1 fully saturated rings. The molecule has 136 valence electrons. The monoisotopic (exact) mass is 375 g/mol. The highest BCUT2D eigenvalue weighted by Gasteiger charge is 2.41. The van der Waals surface area contributed by atoms with Crippen LogP contribution in [0.3, 0.4) is 0 Å². The van der Waals surface area contributed by atoms with E-state index >= 15 is 0 Å². The Morgan fingerprint density at radius 1 is 1.27 bits per heavy atom. The van der Waals surface area contributed by atoms with E-state index in [1.807, 2.05) is 17.5 Å². The second-order valence-electron chi connectivity index (χ2n) is 5.78. The highest BCUT2D eigenvalue weighted by molar-refractivity contribution is 7.10. The van der Waals surface area contributed by atoms with Crippen LogP contribution in [-0.2, 0) is 14.3 Å². The summed E-state index contributed by atoms with van der Waals surface area (Å²) in [5, 5.41) is 1.91. The van der Waals surface area contributed by atoms with Crippen LogP contribution >= 0.6 is 11.3 Å². The van der Waals surface area contributed by atoms with E-state index in [9.17, 15) is 14.0 Å². The fraction of sp³-hybridized carbons (Fsp3) is 0.263. The Balaban J connectivity index is 1.73.